The van der Waals surface area contributed by atoms with Gasteiger partial charge in [-0.1, -0.05) is 12.1 Å². The lowest BCUT2D eigenvalue weighted by Gasteiger charge is -2.12. The van der Waals surface area contributed by atoms with Gasteiger partial charge in [0.2, 0.25) is 0 Å². The molecule has 18 heavy (non-hydrogen) atoms. The van der Waals surface area contributed by atoms with E-state index in [1.54, 1.807) is 18.2 Å². The minimum Gasteiger partial charge on any atom is -0.469 e. The van der Waals surface area contributed by atoms with Crippen LogP contribution >= 0.6 is 0 Å². The number of para-hydroxylation sites is 2. The maximum Gasteiger partial charge on any atom is 0.387 e. The van der Waals surface area contributed by atoms with Crippen LogP contribution in [-0.2, 0) is 9.53 Å². The molecule has 0 atom stereocenters. The van der Waals surface area contributed by atoms with Gasteiger partial charge in [0.05, 0.1) is 12.8 Å². The summed E-state index contributed by atoms with van der Waals surface area (Å²) in [5.74, 6) is -0.209. The molecule has 0 aromatic heterocycles. The number of carbonyl (C=O) groups excluding carboxylic acids is 1. The molecule has 1 aromatic carbocycles. The van der Waals surface area contributed by atoms with Crippen molar-refractivity contribution >= 4 is 11.7 Å². The summed E-state index contributed by atoms with van der Waals surface area (Å²) in [6.45, 7) is -2.39. The van der Waals surface area contributed by atoms with Crippen LogP contribution in [0.4, 0.5) is 14.5 Å². The summed E-state index contributed by atoms with van der Waals surface area (Å²) in [6.07, 6.45) is 0.830. The van der Waals surface area contributed by atoms with Crippen LogP contribution < -0.4 is 10.1 Å². The first-order valence-corrected chi connectivity index (χ1v) is 5.48. The van der Waals surface area contributed by atoms with Crippen molar-refractivity contribution in [3.63, 3.8) is 0 Å². The van der Waals surface area contributed by atoms with Gasteiger partial charge >= 0.3 is 12.6 Å². The van der Waals surface area contributed by atoms with Crippen LogP contribution in [0, 0.1) is 0 Å². The van der Waals surface area contributed by atoms with Crippen molar-refractivity contribution in [1.29, 1.82) is 0 Å². The highest BCUT2D eigenvalue weighted by molar-refractivity contribution is 5.69. The highest BCUT2D eigenvalue weighted by atomic mass is 19.3. The molecule has 6 heteroatoms. The number of anilines is 1. The molecule has 0 spiro atoms. The van der Waals surface area contributed by atoms with Crippen molar-refractivity contribution in [3.05, 3.63) is 24.3 Å². The zero-order valence-corrected chi connectivity index (χ0v) is 9.99. The second-order valence-corrected chi connectivity index (χ2v) is 3.48. The van der Waals surface area contributed by atoms with Gasteiger partial charge in [0.15, 0.2) is 0 Å². The first kappa shape index (κ1) is 14.2. The quantitative estimate of drug-likeness (QED) is 0.604. The van der Waals surface area contributed by atoms with Crippen molar-refractivity contribution in [3.8, 4) is 5.75 Å². The summed E-state index contributed by atoms with van der Waals surface area (Å²) in [5.41, 5.74) is 0.475. The monoisotopic (exact) mass is 259 g/mol. The molecule has 0 amide bonds. The van der Waals surface area contributed by atoms with Gasteiger partial charge in [-0.15, -0.1) is 0 Å². The van der Waals surface area contributed by atoms with E-state index in [4.69, 9.17) is 0 Å². The number of benzene rings is 1. The number of esters is 1. The lowest BCUT2D eigenvalue weighted by Crippen LogP contribution is -2.09. The standard InChI is InChI=1S/C12H15F2NO3/c1-17-11(16)7-4-8-15-9-5-2-3-6-10(9)18-12(13)14/h2-3,5-6,12,15H,4,7-8H2,1H3. The Morgan fingerprint density at radius 3 is 2.78 bits per heavy atom. The van der Waals surface area contributed by atoms with E-state index >= 15 is 0 Å². The Bertz CT molecular complexity index is 385. The molecule has 0 aliphatic rings. The molecule has 0 aliphatic heterocycles. The molecule has 1 N–H and O–H groups in total. The Morgan fingerprint density at radius 1 is 1.39 bits per heavy atom. The van der Waals surface area contributed by atoms with Crippen LogP contribution in [0.1, 0.15) is 12.8 Å². The van der Waals surface area contributed by atoms with Gasteiger partial charge in [-0.2, -0.15) is 8.78 Å². The van der Waals surface area contributed by atoms with E-state index in [-0.39, 0.29) is 18.1 Å². The number of hydrogen-bond acceptors (Lipinski definition) is 4. The van der Waals surface area contributed by atoms with Crippen molar-refractivity contribution in [2.75, 3.05) is 19.0 Å². The predicted molar refractivity (Wildman–Crippen MR) is 62.8 cm³/mol. The van der Waals surface area contributed by atoms with Crippen LogP contribution in [0.15, 0.2) is 24.3 Å². The highest BCUT2D eigenvalue weighted by Gasteiger charge is 2.08. The van der Waals surface area contributed by atoms with E-state index in [1.165, 1.54) is 13.2 Å². The Balaban J connectivity index is 2.43. The maximum absolute atomic E-state index is 12.1. The van der Waals surface area contributed by atoms with Crippen molar-refractivity contribution in [2.45, 2.75) is 19.5 Å². The van der Waals surface area contributed by atoms with Crippen LogP contribution in [0.5, 0.6) is 5.75 Å². The number of rotatable bonds is 7. The first-order chi connectivity index (χ1) is 8.63. The molecule has 0 saturated heterocycles. The number of methoxy groups -OCH3 is 1. The van der Waals surface area contributed by atoms with Gasteiger partial charge in [0.1, 0.15) is 5.75 Å². The van der Waals surface area contributed by atoms with Crippen molar-refractivity contribution in [1.82, 2.24) is 0 Å². The second kappa shape index (κ2) is 7.47. The van der Waals surface area contributed by atoms with Crippen molar-refractivity contribution < 1.29 is 23.0 Å². The molecule has 1 rings (SSSR count). The average molecular weight is 259 g/mol. The van der Waals surface area contributed by atoms with E-state index < -0.39 is 6.61 Å². The van der Waals surface area contributed by atoms with Crippen LogP contribution in [-0.4, -0.2) is 26.2 Å². The second-order valence-electron chi connectivity index (χ2n) is 3.48. The molecule has 0 unspecified atom stereocenters. The van der Waals surface area contributed by atoms with Gasteiger partial charge in [-0.3, -0.25) is 4.79 Å². The first-order valence-electron chi connectivity index (χ1n) is 5.48. The number of halogens is 2. The molecule has 0 fully saturated rings. The number of alkyl halides is 2. The topological polar surface area (TPSA) is 47.6 Å². The van der Waals surface area contributed by atoms with Gasteiger partial charge in [-0.25, -0.2) is 0 Å². The minimum atomic E-state index is -2.86. The number of ether oxygens (including phenoxy) is 2. The molecule has 100 valence electrons. The van der Waals surface area contributed by atoms with Crippen LogP contribution in [0.25, 0.3) is 0 Å². The third kappa shape index (κ3) is 4.99. The van der Waals surface area contributed by atoms with E-state index in [0.717, 1.165) is 0 Å². The van der Waals surface area contributed by atoms with E-state index in [2.05, 4.69) is 14.8 Å². The summed E-state index contributed by atoms with van der Waals surface area (Å²) in [6, 6.07) is 6.41. The fourth-order valence-electron chi connectivity index (χ4n) is 1.37. The van der Waals surface area contributed by atoms with Gasteiger partial charge < -0.3 is 14.8 Å². The van der Waals surface area contributed by atoms with E-state index in [0.29, 0.717) is 18.7 Å². The Hall–Kier alpha value is -1.85. The average Bonchev–Trinajstić information content (AvgIpc) is 2.35. The number of hydrogen-bond donors (Lipinski definition) is 1. The number of carbonyl (C=O) groups is 1. The maximum atomic E-state index is 12.1. The van der Waals surface area contributed by atoms with Crippen LogP contribution in [0.2, 0.25) is 0 Å². The molecule has 0 radical (unpaired) electrons. The highest BCUT2D eigenvalue weighted by Crippen LogP contribution is 2.25. The number of nitrogens with one attached hydrogen (secondary N) is 1. The molecular formula is C12H15F2NO3. The summed E-state index contributed by atoms with van der Waals surface area (Å²) in [7, 11) is 1.32. The SMILES string of the molecule is COC(=O)CCCNc1ccccc1OC(F)F. The molecule has 0 saturated carbocycles. The largest absolute Gasteiger partial charge is 0.469 e. The van der Waals surface area contributed by atoms with Crippen molar-refractivity contribution in [2.24, 2.45) is 0 Å². The zero-order chi connectivity index (χ0) is 13.4. The summed E-state index contributed by atoms with van der Waals surface area (Å²) < 4.78 is 33.1. The van der Waals surface area contributed by atoms with Gasteiger partial charge in [0.25, 0.3) is 0 Å². The Morgan fingerprint density at radius 2 is 2.11 bits per heavy atom. The summed E-state index contributed by atoms with van der Waals surface area (Å²) in [5, 5.41) is 2.93. The Kier molecular flexibility index (Phi) is 5.90. The summed E-state index contributed by atoms with van der Waals surface area (Å²) >= 11 is 0. The fourth-order valence-corrected chi connectivity index (χ4v) is 1.37. The molecular weight excluding hydrogens is 244 g/mol. The minimum absolute atomic E-state index is 0.0885. The van der Waals surface area contributed by atoms with E-state index in [1.807, 2.05) is 0 Å². The zero-order valence-electron chi connectivity index (χ0n) is 9.99. The van der Waals surface area contributed by atoms with Crippen LogP contribution in [0.3, 0.4) is 0 Å². The molecule has 0 aliphatic carbocycles. The van der Waals surface area contributed by atoms with Gasteiger partial charge in [0, 0.05) is 13.0 Å². The summed E-state index contributed by atoms with van der Waals surface area (Å²) in [4.78, 5) is 10.9. The smallest absolute Gasteiger partial charge is 0.387 e. The fraction of sp³-hybridized carbons (Fsp3) is 0.417. The third-order valence-electron chi connectivity index (χ3n) is 2.20. The lowest BCUT2D eigenvalue weighted by molar-refractivity contribution is -0.140. The molecule has 4 nitrogen and oxygen atoms in total. The van der Waals surface area contributed by atoms with Gasteiger partial charge in [-0.05, 0) is 18.6 Å². The normalized spacial score (nSPS) is 10.2. The molecule has 0 heterocycles. The molecule has 0 bridgehead atoms. The third-order valence-corrected chi connectivity index (χ3v) is 2.20. The predicted octanol–water partition coefficient (Wildman–Crippen LogP) is 2.65. The Labute approximate surface area is 104 Å². The molecule has 1 aromatic rings. The van der Waals surface area contributed by atoms with E-state index in [9.17, 15) is 13.6 Å². The lowest BCUT2D eigenvalue weighted by atomic mass is 10.2.